The normalized spacial score (nSPS) is 12.7. The summed E-state index contributed by atoms with van der Waals surface area (Å²) in [5.41, 5.74) is 0. The summed E-state index contributed by atoms with van der Waals surface area (Å²) in [6.45, 7) is 6.28. The maximum Gasteiger partial charge on any atom is 0.306 e. The molecule has 0 fully saturated rings. The number of carbonyl (C=O) groups is 1. The van der Waals surface area contributed by atoms with Crippen LogP contribution in [0.15, 0.2) is 12.2 Å². The van der Waals surface area contributed by atoms with E-state index >= 15 is 0 Å². The topological polar surface area (TPSA) is 26.3 Å². The van der Waals surface area contributed by atoms with Crippen LogP contribution in [0.5, 0.6) is 0 Å². The van der Waals surface area contributed by atoms with Gasteiger partial charge in [0.1, 0.15) is 0 Å². The van der Waals surface area contributed by atoms with Crippen LogP contribution in [-0.2, 0) is 9.53 Å². The van der Waals surface area contributed by atoms with Crippen molar-refractivity contribution in [3.05, 3.63) is 12.2 Å². The first kappa shape index (κ1) is 22.2. The zero-order valence-corrected chi connectivity index (χ0v) is 15.9. The Balaban J connectivity index is 3.28. The Morgan fingerprint density at radius 2 is 1.39 bits per heavy atom. The molecule has 0 unspecified atom stereocenters. The average Bonchev–Trinajstić information content (AvgIpc) is 2.52. The number of carbonyl (C=O) groups excluding carboxylic acids is 1. The van der Waals surface area contributed by atoms with Gasteiger partial charge in [-0.1, -0.05) is 64.5 Å². The van der Waals surface area contributed by atoms with Gasteiger partial charge in [0.15, 0.2) is 0 Å². The fourth-order valence-electron chi connectivity index (χ4n) is 2.70. The third-order valence-corrected chi connectivity index (χ3v) is 4.16. The van der Waals surface area contributed by atoms with E-state index in [1.54, 1.807) is 0 Å². The molecule has 0 aliphatic heterocycles. The number of esters is 1. The molecule has 23 heavy (non-hydrogen) atoms. The predicted molar refractivity (Wildman–Crippen MR) is 101 cm³/mol. The molecule has 0 N–H and O–H groups in total. The smallest absolute Gasteiger partial charge is 0.306 e. The Morgan fingerprint density at radius 1 is 0.826 bits per heavy atom. The molecule has 0 aromatic rings. The van der Waals surface area contributed by atoms with Crippen LogP contribution in [-0.4, -0.2) is 12.1 Å². The van der Waals surface area contributed by atoms with Gasteiger partial charge in [-0.3, -0.25) is 4.79 Å². The lowest BCUT2D eigenvalue weighted by molar-refractivity contribution is -0.148. The number of rotatable bonds is 16. The van der Waals surface area contributed by atoms with Gasteiger partial charge in [0.2, 0.25) is 0 Å². The van der Waals surface area contributed by atoms with Gasteiger partial charge >= 0.3 is 5.97 Å². The number of unbranched alkanes of at least 4 members (excludes halogenated alkanes) is 9. The minimum absolute atomic E-state index is 0.0439. The highest BCUT2D eigenvalue weighted by Crippen LogP contribution is 2.11. The van der Waals surface area contributed by atoms with E-state index in [0.29, 0.717) is 6.42 Å². The summed E-state index contributed by atoms with van der Waals surface area (Å²) in [7, 11) is 0. The fraction of sp³-hybridized carbons (Fsp3) is 0.857. The Labute approximate surface area is 145 Å². The van der Waals surface area contributed by atoms with Crippen LogP contribution in [0.25, 0.3) is 0 Å². The molecule has 0 aliphatic rings. The summed E-state index contributed by atoms with van der Waals surface area (Å²) in [5, 5.41) is 0. The largest absolute Gasteiger partial charge is 0.463 e. The van der Waals surface area contributed by atoms with Crippen LogP contribution in [0, 0.1) is 0 Å². The molecule has 0 aromatic carbocycles. The van der Waals surface area contributed by atoms with Gasteiger partial charge < -0.3 is 4.74 Å². The quantitative estimate of drug-likeness (QED) is 0.174. The molecule has 0 saturated carbocycles. The maximum absolute atomic E-state index is 11.4. The molecule has 0 radical (unpaired) electrons. The standard InChI is InChI=1S/C21H40O2/c1-4-6-7-8-9-10-11-12-13-14-15-16-17-19-20(3)23-21(22)18-5-2/h12-13,20H,4-11,14-19H2,1-3H3/b13-12-/t20-/m0/s1. The summed E-state index contributed by atoms with van der Waals surface area (Å²) in [5.74, 6) is -0.0439. The van der Waals surface area contributed by atoms with Crippen molar-refractivity contribution in [2.45, 2.75) is 117 Å². The third kappa shape index (κ3) is 17.4. The molecule has 0 rings (SSSR count). The van der Waals surface area contributed by atoms with Crippen molar-refractivity contribution in [2.24, 2.45) is 0 Å². The van der Waals surface area contributed by atoms with Gasteiger partial charge in [0.05, 0.1) is 6.10 Å². The fourth-order valence-corrected chi connectivity index (χ4v) is 2.70. The molecule has 136 valence electrons. The molecule has 1 atom stereocenters. The monoisotopic (exact) mass is 324 g/mol. The van der Waals surface area contributed by atoms with E-state index in [9.17, 15) is 4.79 Å². The molecular weight excluding hydrogens is 284 g/mol. The van der Waals surface area contributed by atoms with E-state index in [1.165, 1.54) is 64.2 Å². The van der Waals surface area contributed by atoms with E-state index in [2.05, 4.69) is 19.1 Å². The lowest BCUT2D eigenvalue weighted by Gasteiger charge is -2.12. The second kappa shape index (κ2) is 17.6. The van der Waals surface area contributed by atoms with Crippen molar-refractivity contribution in [2.75, 3.05) is 0 Å². The Kier molecular flexibility index (Phi) is 17.0. The number of allylic oxidation sites excluding steroid dienone is 2. The van der Waals surface area contributed by atoms with Crippen LogP contribution < -0.4 is 0 Å². The van der Waals surface area contributed by atoms with Crippen molar-refractivity contribution in [3.8, 4) is 0 Å². The second-order valence-corrected chi connectivity index (χ2v) is 6.72. The van der Waals surface area contributed by atoms with Crippen LogP contribution in [0.4, 0.5) is 0 Å². The highest BCUT2D eigenvalue weighted by atomic mass is 16.5. The lowest BCUT2D eigenvalue weighted by atomic mass is 10.1. The van der Waals surface area contributed by atoms with E-state index < -0.39 is 0 Å². The maximum atomic E-state index is 11.4. The van der Waals surface area contributed by atoms with Gasteiger partial charge in [-0.05, 0) is 51.9 Å². The minimum Gasteiger partial charge on any atom is -0.463 e. The summed E-state index contributed by atoms with van der Waals surface area (Å²) >= 11 is 0. The summed E-state index contributed by atoms with van der Waals surface area (Å²) in [4.78, 5) is 11.4. The molecular formula is C21H40O2. The van der Waals surface area contributed by atoms with E-state index in [4.69, 9.17) is 4.74 Å². The van der Waals surface area contributed by atoms with Gasteiger partial charge in [-0.25, -0.2) is 0 Å². The molecule has 0 spiro atoms. The zero-order valence-electron chi connectivity index (χ0n) is 15.9. The Morgan fingerprint density at radius 3 is 2.00 bits per heavy atom. The van der Waals surface area contributed by atoms with Gasteiger partial charge in [-0.2, -0.15) is 0 Å². The van der Waals surface area contributed by atoms with Gasteiger partial charge in [-0.15, -0.1) is 0 Å². The molecule has 0 aromatic heterocycles. The average molecular weight is 325 g/mol. The van der Waals surface area contributed by atoms with Crippen LogP contribution >= 0.6 is 0 Å². The van der Waals surface area contributed by atoms with E-state index in [1.807, 2.05) is 13.8 Å². The third-order valence-electron chi connectivity index (χ3n) is 4.16. The summed E-state index contributed by atoms with van der Waals surface area (Å²) in [6, 6.07) is 0. The first-order valence-corrected chi connectivity index (χ1v) is 10.0. The predicted octanol–water partition coefficient (Wildman–Crippen LogP) is 6.98. The van der Waals surface area contributed by atoms with Gasteiger partial charge in [0, 0.05) is 6.42 Å². The first-order chi connectivity index (χ1) is 11.2. The molecule has 2 heteroatoms. The Hall–Kier alpha value is -0.790. The van der Waals surface area contributed by atoms with Crippen molar-refractivity contribution in [1.82, 2.24) is 0 Å². The van der Waals surface area contributed by atoms with Crippen LogP contribution in [0.2, 0.25) is 0 Å². The molecule has 0 bridgehead atoms. The Bertz CT molecular complexity index is 284. The van der Waals surface area contributed by atoms with Crippen molar-refractivity contribution < 1.29 is 9.53 Å². The summed E-state index contributed by atoms with van der Waals surface area (Å²) in [6.07, 6.45) is 21.6. The van der Waals surface area contributed by atoms with Crippen molar-refractivity contribution >= 4 is 5.97 Å². The number of ether oxygens (including phenoxy) is 1. The van der Waals surface area contributed by atoms with Crippen LogP contribution in [0.1, 0.15) is 111 Å². The molecule has 0 saturated heterocycles. The van der Waals surface area contributed by atoms with Crippen LogP contribution in [0.3, 0.4) is 0 Å². The van der Waals surface area contributed by atoms with E-state index in [-0.39, 0.29) is 12.1 Å². The lowest BCUT2D eigenvalue weighted by Crippen LogP contribution is -2.14. The number of hydrogen-bond donors (Lipinski definition) is 0. The van der Waals surface area contributed by atoms with E-state index in [0.717, 1.165) is 19.3 Å². The molecule has 2 nitrogen and oxygen atoms in total. The first-order valence-electron chi connectivity index (χ1n) is 10.0. The SMILES string of the molecule is CCCCCCCC/C=C\CCCCC[C@H](C)OC(=O)CCC. The molecule has 0 aliphatic carbocycles. The van der Waals surface area contributed by atoms with Crippen molar-refractivity contribution in [3.63, 3.8) is 0 Å². The number of hydrogen-bond acceptors (Lipinski definition) is 2. The molecule has 0 amide bonds. The summed E-state index contributed by atoms with van der Waals surface area (Å²) < 4.78 is 5.34. The second-order valence-electron chi connectivity index (χ2n) is 6.72. The molecule has 0 heterocycles. The highest BCUT2D eigenvalue weighted by molar-refractivity contribution is 5.69. The van der Waals surface area contributed by atoms with Crippen molar-refractivity contribution in [1.29, 1.82) is 0 Å². The van der Waals surface area contributed by atoms with Gasteiger partial charge in [0.25, 0.3) is 0 Å². The highest BCUT2D eigenvalue weighted by Gasteiger charge is 2.07. The zero-order chi connectivity index (χ0) is 17.2. The minimum atomic E-state index is -0.0439.